The van der Waals surface area contributed by atoms with Crippen molar-refractivity contribution in [3.05, 3.63) is 48.0 Å². The summed E-state index contributed by atoms with van der Waals surface area (Å²) in [5.74, 6) is 0.852. The highest BCUT2D eigenvalue weighted by Gasteiger charge is 2.18. The molecule has 4 nitrogen and oxygen atoms in total. The van der Waals surface area contributed by atoms with Crippen LogP contribution in [0.3, 0.4) is 0 Å². The van der Waals surface area contributed by atoms with E-state index in [1.165, 1.54) is 6.92 Å². The molecule has 2 N–H and O–H groups in total. The standard InChI is InChI=1S/C17H18N2O2/c1-12(20)14-11-13(7-8-15(14)18)19-9-4-10-21-17-6-3-2-5-16(17)19/h2-3,5-8,11H,4,9-10,18H2,1H3. The van der Waals surface area contributed by atoms with Crippen molar-refractivity contribution in [1.82, 2.24) is 0 Å². The number of benzene rings is 2. The van der Waals surface area contributed by atoms with Crippen LogP contribution in [0.1, 0.15) is 23.7 Å². The number of hydrogen-bond donors (Lipinski definition) is 1. The molecule has 108 valence electrons. The average molecular weight is 282 g/mol. The van der Waals surface area contributed by atoms with Crippen LogP contribution in [0.25, 0.3) is 0 Å². The van der Waals surface area contributed by atoms with E-state index in [2.05, 4.69) is 4.90 Å². The lowest BCUT2D eigenvalue weighted by molar-refractivity contribution is 0.101. The Bertz CT molecular complexity index is 682. The summed E-state index contributed by atoms with van der Waals surface area (Å²) in [5.41, 5.74) is 8.95. The number of ketones is 1. The smallest absolute Gasteiger partial charge is 0.161 e. The van der Waals surface area contributed by atoms with E-state index in [-0.39, 0.29) is 5.78 Å². The molecule has 2 aromatic carbocycles. The van der Waals surface area contributed by atoms with Crippen LogP contribution in [0.15, 0.2) is 42.5 Å². The minimum Gasteiger partial charge on any atom is -0.491 e. The summed E-state index contributed by atoms with van der Waals surface area (Å²) in [5, 5.41) is 0. The SMILES string of the molecule is CC(=O)c1cc(N2CCCOc3ccccc32)ccc1N. The number of hydrogen-bond acceptors (Lipinski definition) is 4. The van der Waals surface area contributed by atoms with Crippen molar-refractivity contribution >= 4 is 22.8 Å². The molecule has 1 heterocycles. The number of anilines is 3. The molecular formula is C17H18N2O2. The first kappa shape index (κ1) is 13.5. The number of carbonyl (C=O) groups is 1. The summed E-state index contributed by atoms with van der Waals surface area (Å²) in [6, 6.07) is 13.6. The predicted molar refractivity (Wildman–Crippen MR) is 84.4 cm³/mol. The van der Waals surface area contributed by atoms with Crippen molar-refractivity contribution in [2.75, 3.05) is 23.8 Å². The lowest BCUT2D eigenvalue weighted by atomic mass is 10.1. The fourth-order valence-electron chi connectivity index (χ4n) is 2.61. The number of fused-ring (bicyclic) bond motifs is 1. The molecule has 0 aromatic heterocycles. The summed E-state index contributed by atoms with van der Waals surface area (Å²) in [4.78, 5) is 13.9. The molecule has 0 spiro atoms. The maximum Gasteiger partial charge on any atom is 0.161 e. The highest BCUT2D eigenvalue weighted by atomic mass is 16.5. The Balaban J connectivity index is 2.08. The van der Waals surface area contributed by atoms with E-state index < -0.39 is 0 Å². The zero-order valence-corrected chi connectivity index (χ0v) is 12.0. The minimum absolute atomic E-state index is 0.0197. The summed E-state index contributed by atoms with van der Waals surface area (Å²) < 4.78 is 5.77. The van der Waals surface area contributed by atoms with Gasteiger partial charge in [-0.15, -0.1) is 0 Å². The Morgan fingerprint density at radius 1 is 1.24 bits per heavy atom. The summed E-state index contributed by atoms with van der Waals surface area (Å²) in [7, 11) is 0. The number of ether oxygens (including phenoxy) is 1. The molecule has 1 aliphatic heterocycles. The van der Waals surface area contributed by atoms with Gasteiger partial charge in [-0.2, -0.15) is 0 Å². The third kappa shape index (κ3) is 2.57. The molecular weight excluding hydrogens is 264 g/mol. The highest BCUT2D eigenvalue weighted by Crippen LogP contribution is 2.36. The van der Waals surface area contributed by atoms with Gasteiger partial charge in [-0.25, -0.2) is 0 Å². The van der Waals surface area contributed by atoms with Gasteiger partial charge in [0.1, 0.15) is 5.75 Å². The second-order valence-corrected chi connectivity index (χ2v) is 5.15. The Kier molecular flexibility index (Phi) is 3.52. The number of nitrogens with two attached hydrogens (primary N) is 1. The number of rotatable bonds is 2. The number of nitrogen functional groups attached to an aromatic ring is 1. The molecule has 0 aliphatic carbocycles. The average Bonchev–Trinajstić information content (AvgIpc) is 2.70. The van der Waals surface area contributed by atoms with Crippen LogP contribution in [-0.2, 0) is 0 Å². The van der Waals surface area contributed by atoms with Gasteiger partial charge in [0, 0.05) is 23.5 Å². The lowest BCUT2D eigenvalue weighted by Crippen LogP contribution is -2.18. The minimum atomic E-state index is -0.0197. The molecule has 0 saturated carbocycles. The zero-order chi connectivity index (χ0) is 14.8. The van der Waals surface area contributed by atoms with Crippen molar-refractivity contribution in [2.45, 2.75) is 13.3 Å². The monoisotopic (exact) mass is 282 g/mol. The Hall–Kier alpha value is -2.49. The summed E-state index contributed by atoms with van der Waals surface area (Å²) in [6.07, 6.45) is 0.925. The van der Waals surface area contributed by atoms with Crippen molar-refractivity contribution in [3.8, 4) is 5.75 Å². The third-order valence-electron chi connectivity index (χ3n) is 3.67. The van der Waals surface area contributed by atoms with Crippen molar-refractivity contribution in [1.29, 1.82) is 0 Å². The Morgan fingerprint density at radius 2 is 2.05 bits per heavy atom. The molecule has 0 radical (unpaired) electrons. The highest BCUT2D eigenvalue weighted by molar-refractivity contribution is 6.00. The van der Waals surface area contributed by atoms with Gasteiger partial charge in [0.05, 0.1) is 12.3 Å². The number of carbonyl (C=O) groups excluding carboxylic acids is 1. The molecule has 0 amide bonds. The molecule has 3 rings (SSSR count). The van der Waals surface area contributed by atoms with E-state index in [0.717, 1.165) is 30.1 Å². The number of nitrogens with zero attached hydrogens (tertiary/aromatic N) is 1. The topological polar surface area (TPSA) is 55.6 Å². The lowest BCUT2D eigenvalue weighted by Gasteiger charge is -2.24. The van der Waals surface area contributed by atoms with Crippen LogP contribution in [0.4, 0.5) is 17.1 Å². The second kappa shape index (κ2) is 5.48. The van der Waals surface area contributed by atoms with E-state index in [0.29, 0.717) is 17.9 Å². The zero-order valence-electron chi connectivity index (χ0n) is 12.0. The second-order valence-electron chi connectivity index (χ2n) is 5.15. The maximum absolute atomic E-state index is 11.7. The van der Waals surface area contributed by atoms with Crippen LogP contribution in [0.2, 0.25) is 0 Å². The number of para-hydroxylation sites is 2. The predicted octanol–water partition coefficient (Wildman–Crippen LogP) is 3.39. The molecule has 2 aromatic rings. The van der Waals surface area contributed by atoms with Gasteiger partial charge in [0.15, 0.2) is 5.78 Å². The van der Waals surface area contributed by atoms with Crippen molar-refractivity contribution in [2.24, 2.45) is 0 Å². The Labute approximate surface area is 124 Å². The van der Waals surface area contributed by atoms with Crippen molar-refractivity contribution < 1.29 is 9.53 Å². The van der Waals surface area contributed by atoms with E-state index in [1.54, 1.807) is 6.07 Å². The molecule has 0 unspecified atom stereocenters. The fraction of sp³-hybridized carbons (Fsp3) is 0.235. The maximum atomic E-state index is 11.7. The normalized spacial score (nSPS) is 14.0. The third-order valence-corrected chi connectivity index (χ3v) is 3.67. The quantitative estimate of drug-likeness (QED) is 0.677. The molecule has 0 bridgehead atoms. The van der Waals surface area contributed by atoms with Crippen molar-refractivity contribution in [3.63, 3.8) is 0 Å². The molecule has 0 fully saturated rings. The number of Topliss-reactive ketones (excluding diaryl/α,β-unsaturated/α-hetero) is 1. The fourth-order valence-corrected chi connectivity index (χ4v) is 2.61. The van der Waals surface area contributed by atoms with Crippen LogP contribution in [0, 0.1) is 0 Å². The van der Waals surface area contributed by atoms with E-state index in [1.807, 2.05) is 36.4 Å². The van der Waals surface area contributed by atoms with E-state index >= 15 is 0 Å². The molecule has 1 aliphatic rings. The van der Waals surface area contributed by atoms with Gasteiger partial charge in [0.25, 0.3) is 0 Å². The Morgan fingerprint density at radius 3 is 2.86 bits per heavy atom. The van der Waals surface area contributed by atoms with Gasteiger partial charge in [-0.05, 0) is 43.7 Å². The van der Waals surface area contributed by atoms with Crippen LogP contribution < -0.4 is 15.4 Å². The van der Waals surface area contributed by atoms with Gasteiger partial charge >= 0.3 is 0 Å². The van der Waals surface area contributed by atoms with E-state index in [9.17, 15) is 4.79 Å². The first-order chi connectivity index (χ1) is 10.2. The van der Waals surface area contributed by atoms with Gasteiger partial charge in [-0.3, -0.25) is 4.79 Å². The summed E-state index contributed by atoms with van der Waals surface area (Å²) in [6.45, 7) is 3.08. The largest absolute Gasteiger partial charge is 0.491 e. The molecule has 0 atom stereocenters. The molecule has 4 heteroatoms. The van der Waals surface area contributed by atoms with Gasteiger partial charge in [0.2, 0.25) is 0 Å². The first-order valence-electron chi connectivity index (χ1n) is 7.06. The van der Waals surface area contributed by atoms with Crippen LogP contribution in [-0.4, -0.2) is 18.9 Å². The summed E-state index contributed by atoms with van der Waals surface area (Å²) >= 11 is 0. The van der Waals surface area contributed by atoms with Crippen LogP contribution >= 0.6 is 0 Å². The van der Waals surface area contributed by atoms with E-state index in [4.69, 9.17) is 10.5 Å². The molecule has 21 heavy (non-hydrogen) atoms. The first-order valence-corrected chi connectivity index (χ1v) is 7.06. The molecule has 0 saturated heterocycles. The van der Waals surface area contributed by atoms with Gasteiger partial charge in [-0.1, -0.05) is 12.1 Å². The van der Waals surface area contributed by atoms with Crippen LogP contribution in [0.5, 0.6) is 5.75 Å². The van der Waals surface area contributed by atoms with Gasteiger partial charge < -0.3 is 15.4 Å².